The lowest BCUT2D eigenvalue weighted by atomic mass is 9.97. The van der Waals surface area contributed by atoms with E-state index in [4.69, 9.17) is 24.1 Å². The van der Waals surface area contributed by atoms with E-state index in [1.54, 1.807) is 36.4 Å². The molecule has 0 saturated carbocycles. The SMILES string of the molecule is COCOc1ccc(/C=C/C2=CC(=C(C#N)C#N)c3cc(O)ccc3O2)c(OCCCCCCCC(=O)O)c1. The number of aromatic hydroxyl groups is 1. The Kier molecular flexibility index (Phi) is 11.0. The summed E-state index contributed by atoms with van der Waals surface area (Å²) >= 11 is 0. The van der Waals surface area contributed by atoms with Gasteiger partial charge in [-0.1, -0.05) is 19.3 Å². The van der Waals surface area contributed by atoms with Gasteiger partial charge in [0.2, 0.25) is 0 Å². The molecule has 9 nitrogen and oxygen atoms in total. The van der Waals surface area contributed by atoms with Crippen LogP contribution in [0.15, 0.2) is 59.9 Å². The number of ether oxygens (including phenoxy) is 4. The van der Waals surface area contributed by atoms with E-state index in [2.05, 4.69) is 0 Å². The van der Waals surface area contributed by atoms with Gasteiger partial charge in [-0.25, -0.2) is 0 Å². The summed E-state index contributed by atoms with van der Waals surface area (Å²) in [5, 5.41) is 37.5. The minimum absolute atomic E-state index is 0.00435. The maximum absolute atomic E-state index is 10.6. The highest BCUT2D eigenvalue weighted by Gasteiger charge is 2.20. The quantitative estimate of drug-likeness (QED) is 0.172. The van der Waals surface area contributed by atoms with Crippen LogP contribution in [-0.4, -0.2) is 36.7 Å². The van der Waals surface area contributed by atoms with Crippen molar-refractivity contribution >= 4 is 17.6 Å². The normalized spacial score (nSPS) is 12.1. The van der Waals surface area contributed by atoms with Gasteiger partial charge in [0, 0.05) is 36.3 Å². The van der Waals surface area contributed by atoms with Gasteiger partial charge in [0.05, 0.1) is 6.61 Å². The Morgan fingerprint density at radius 1 is 1.00 bits per heavy atom. The molecule has 39 heavy (non-hydrogen) atoms. The van der Waals surface area contributed by atoms with Crippen LogP contribution in [0.25, 0.3) is 11.6 Å². The topological polar surface area (TPSA) is 142 Å². The molecule has 0 fully saturated rings. The third-order valence-corrected chi connectivity index (χ3v) is 5.81. The van der Waals surface area contributed by atoms with Crippen molar-refractivity contribution in [1.82, 2.24) is 0 Å². The average Bonchev–Trinajstić information content (AvgIpc) is 2.93. The van der Waals surface area contributed by atoms with Crippen LogP contribution in [0.1, 0.15) is 49.7 Å². The maximum atomic E-state index is 10.6. The highest BCUT2D eigenvalue weighted by Crippen LogP contribution is 2.38. The lowest BCUT2D eigenvalue weighted by Crippen LogP contribution is -2.04. The third kappa shape index (κ3) is 8.67. The lowest BCUT2D eigenvalue weighted by Gasteiger charge is -2.19. The van der Waals surface area contributed by atoms with Crippen LogP contribution < -0.4 is 14.2 Å². The molecule has 0 aromatic heterocycles. The highest BCUT2D eigenvalue weighted by atomic mass is 16.7. The first-order valence-corrected chi connectivity index (χ1v) is 12.5. The van der Waals surface area contributed by atoms with Gasteiger partial charge in [-0.3, -0.25) is 4.79 Å². The number of nitriles is 2. The molecule has 2 N–H and O–H groups in total. The predicted molar refractivity (Wildman–Crippen MR) is 144 cm³/mol. The Balaban J connectivity index is 1.76. The molecule has 0 atom stereocenters. The minimum atomic E-state index is -0.768. The Bertz CT molecular complexity index is 1330. The number of carboxylic acid groups (broad SMARTS) is 1. The third-order valence-electron chi connectivity index (χ3n) is 5.81. The standard InChI is InChI=1S/C30H30N2O7/c1-36-20-38-24-11-8-21(29(17-24)37-14-6-4-2-3-5-7-30(34)35)9-12-25-16-26(22(18-31)19-32)27-15-23(33)10-13-28(27)39-25/h8-13,15-17,33H,2-7,14,20H2,1H3,(H,34,35)/b12-9+. The molecule has 1 heterocycles. The molecule has 0 saturated heterocycles. The molecule has 0 unspecified atom stereocenters. The smallest absolute Gasteiger partial charge is 0.303 e. The van der Waals surface area contributed by atoms with Gasteiger partial charge in [-0.05, 0) is 61.4 Å². The lowest BCUT2D eigenvalue weighted by molar-refractivity contribution is -0.137. The highest BCUT2D eigenvalue weighted by molar-refractivity contribution is 5.87. The first kappa shape index (κ1) is 28.8. The fraction of sp³-hybridized carbons (Fsp3) is 0.300. The number of nitrogens with zero attached hydrogens (tertiary/aromatic N) is 2. The Morgan fingerprint density at radius 2 is 1.77 bits per heavy atom. The Hall–Kier alpha value is -4.73. The largest absolute Gasteiger partial charge is 0.508 e. The summed E-state index contributed by atoms with van der Waals surface area (Å²) in [7, 11) is 1.54. The van der Waals surface area contributed by atoms with Crippen molar-refractivity contribution in [2.45, 2.75) is 38.5 Å². The number of phenolic OH excluding ortho intramolecular Hbond substituents is 1. The molecule has 0 radical (unpaired) electrons. The van der Waals surface area contributed by atoms with Gasteiger partial charge in [-0.15, -0.1) is 0 Å². The summed E-state index contributed by atoms with van der Waals surface area (Å²) in [6, 6.07) is 13.7. The number of carbonyl (C=O) groups is 1. The second-order valence-corrected chi connectivity index (χ2v) is 8.69. The van der Waals surface area contributed by atoms with Gasteiger partial charge in [0.15, 0.2) is 6.79 Å². The Labute approximate surface area is 227 Å². The monoisotopic (exact) mass is 530 g/mol. The van der Waals surface area contributed by atoms with Crippen molar-refractivity contribution in [3.8, 4) is 35.1 Å². The van der Waals surface area contributed by atoms with Gasteiger partial charge in [-0.2, -0.15) is 10.5 Å². The molecular formula is C30H30N2O7. The number of hydrogen-bond acceptors (Lipinski definition) is 8. The average molecular weight is 531 g/mol. The zero-order valence-electron chi connectivity index (χ0n) is 21.7. The molecule has 0 aliphatic carbocycles. The number of carboxylic acids is 1. The van der Waals surface area contributed by atoms with Crippen molar-refractivity contribution in [2.24, 2.45) is 0 Å². The first-order valence-electron chi connectivity index (χ1n) is 12.5. The van der Waals surface area contributed by atoms with Gasteiger partial charge in [0.1, 0.15) is 46.5 Å². The van der Waals surface area contributed by atoms with Crippen LogP contribution in [0, 0.1) is 22.7 Å². The van der Waals surface area contributed by atoms with E-state index in [1.807, 2.05) is 18.2 Å². The van der Waals surface area contributed by atoms with Crippen LogP contribution in [0.3, 0.4) is 0 Å². The first-order chi connectivity index (χ1) is 18.9. The molecule has 2 aromatic rings. The number of allylic oxidation sites excluding steroid dienone is 4. The second kappa shape index (κ2) is 14.9. The second-order valence-electron chi connectivity index (χ2n) is 8.69. The molecule has 1 aliphatic heterocycles. The predicted octanol–water partition coefficient (Wildman–Crippen LogP) is 5.97. The van der Waals surface area contributed by atoms with E-state index in [9.17, 15) is 20.4 Å². The number of rotatable bonds is 14. The van der Waals surface area contributed by atoms with Crippen molar-refractivity contribution in [1.29, 1.82) is 10.5 Å². The van der Waals surface area contributed by atoms with Gasteiger partial charge >= 0.3 is 5.97 Å². The minimum Gasteiger partial charge on any atom is -0.508 e. The zero-order valence-corrected chi connectivity index (χ0v) is 21.7. The van der Waals surface area contributed by atoms with Crippen LogP contribution in [0.5, 0.6) is 23.0 Å². The fourth-order valence-corrected chi connectivity index (χ4v) is 3.89. The summed E-state index contributed by atoms with van der Waals surface area (Å²) in [4.78, 5) is 10.6. The number of aliphatic carboxylic acids is 1. The number of methoxy groups -OCH3 is 1. The van der Waals surface area contributed by atoms with Gasteiger partial charge in [0.25, 0.3) is 0 Å². The molecule has 0 amide bonds. The van der Waals surface area contributed by atoms with E-state index in [1.165, 1.54) is 19.2 Å². The van der Waals surface area contributed by atoms with Gasteiger partial charge < -0.3 is 29.2 Å². The zero-order chi connectivity index (χ0) is 28.0. The molecule has 1 aliphatic rings. The summed E-state index contributed by atoms with van der Waals surface area (Å²) in [5.74, 6) is 1.22. The maximum Gasteiger partial charge on any atom is 0.303 e. The number of benzene rings is 2. The number of hydrogen-bond donors (Lipinski definition) is 2. The molecular weight excluding hydrogens is 500 g/mol. The van der Waals surface area contributed by atoms with E-state index in [-0.39, 0.29) is 24.5 Å². The van der Waals surface area contributed by atoms with Crippen molar-refractivity contribution in [2.75, 3.05) is 20.5 Å². The molecule has 2 aromatic carbocycles. The van der Waals surface area contributed by atoms with Crippen LogP contribution in [0.2, 0.25) is 0 Å². The summed E-state index contributed by atoms with van der Waals surface area (Å²) in [6.07, 6.45) is 9.52. The Morgan fingerprint density at radius 3 is 2.51 bits per heavy atom. The molecule has 0 spiro atoms. The number of phenols is 1. The fourth-order valence-electron chi connectivity index (χ4n) is 3.89. The molecule has 0 bridgehead atoms. The van der Waals surface area contributed by atoms with E-state index in [0.29, 0.717) is 47.2 Å². The van der Waals surface area contributed by atoms with Crippen molar-refractivity contribution in [3.05, 3.63) is 71.0 Å². The molecule has 3 rings (SSSR count). The number of fused-ring (bicyclic) bond motifs is 1. The summed E-state index contributed by atoms with van der Waals surface area (Å²) in [6.45, 7) is 0.569. The van der Waals surface area contributed by atoms with E-state index < -0.39 is 5.97 Å². The van der Waals surface area contributed by atoms with Crippen LogP contribution >= 0.6 is 0 Å². The van der Waals surface area contributed by atoms with Crippen LogP contribution in [-0.2, 0) is 9.53 Å². The number of unbranched alkanes of at least 4 members (excludes halogenated alkanes) is 4. The van der Waals surface area contributed by atoms with Crippen molar-refractivity contribution in [3.63, 3.8) is 0 Å². The van der Waals surface area contributed by atoms with Crippen LogP contribution in [0.4, 0.5) is 0 Å². The van der Waals surface area contributed by atoms with E-state index >= 15 is 0 Å². The summed E-state index contributed by atoms with van der Waals surface area (Å²) < 4.78 is 22.5. The van der Waals surface area contributed by atoms with Crippen molar-refractivity contribution < 1.29 is 34.0 Å². The summed E-state index contributed by atoms with van der Waals surface area (Å²) in [5.41, 5.74) is 1.48. The molecule has 9 heteroatoms. The van der Waals surface area contributed by atoms with E-state index in [0.717, 1.165) is 31.2 Å². The molecule has 202 valence electrons.